The summed E-state index contributed by atoms with van der Waals surface area (Å²) in [5.41, 5.74) is 2.07. The Balaban J connectivity index is 1.94. The molecule has 0 spiro atoms. The average Bonchev–Trinajstić information content (AvgIpc) is 3.35. The molecule has 1 aliphatic carbocycles. The van der Waals surface area contributed by atoms with Gasteiger partial charge in [0.05, 0.1) is 37.2 Å². The van der Waals surface area contributed by atoms with E-state index in [-0.39, 0.29) is 6.10 Å². The Morgan fingerprint density at radius 2 is 2.08 bits per heavy atom. The predicted octanol–water partition coefficient (Wildman–Crippen LogP) is 3.66. The highest BCUT2D eigenvalue weighted by molar-refractivity contribution is 5.91. The van der Waals surface area contributed by atoms with E-state index in [1.54, 1.807) is 19.4 Å². The lowest BCUT2D eigenvalue weighted by molar-refractivity contribution is 0.0635. The first-order valence-corrected chi connectivity index (χ1v) is 8.30. The number of anilines is 1. The second-order valence-electron chi connectivity index (χ2n) is 7.01. The molecule has 1 saturated carbocycles. The monoisotopic (exact) mass is 345 g/mol. The molecule has 1 N–H and O–H groups in total. The van der Waals surface area contributed by atoms with E-state index in [0.717, 1.165) is 18.4 Å². The molecular weight excluding hydrogens is 322 g/mol. The Morgan fingerprint density at radius 3 is 2.72 bits per heavy atom. The fourth-order valence-electron chi connectivity index (χ4n) is 2.32. The van der Waals surface area contributed by atoms with Gasteiger partial charge in [0, 0.05) is 11.6 Å². The summed E-state index contributed by atoms with van der Waals surface area (Å²) in [6.45, 7) is 5.78. The number of carbonyl (C=O) groups is 1. The van der Waals surface area contributed by atoms with Crippen LogP contribution in [-0.2, 0) is 16.1 Å². The number of amides is 1. The molecule has 7 nitrogen and oxygen atoms in total. The Hall–Kier alpha value is -2.41. The number of nitrogens with one attached hydrogen (secondary N) is 1. The van der Waals surface area contributed by atoms with Crippen LogP contribution in [0.5, 0.6) is 5.88 Å². The summed E-state index contributed by atoms with van der Waals surface area (Å²) >= 11 is 0. The molecule has 0 radical (unpaired) electrons. The maximum absolute atomic E-state index is 12.1. The van der Waals surface area contributed by atoms with E-state index in [2.05, 4.69) is 15.3 Å². The minimum Gasteiger partial charge on any atom is -0.481 e. The molecule has 2 heterocycles. The van der Waals surface area contributed by atoms with Gasteiger partial charge in [-0.2, -0.15) is 0 Å². The van der Waals surface area contributed by atoms with Crippen molar-refractivity contribution in [2.45, 2.75) is 51.9 Å². The smallest absolute Gasteiger partial charge is 0.412 e. The Labute approximate surface area is 146 Å². The van der Waals surface area contributed by atoms with Crippen molar-refractivity contribution in [3.63, 3.8) is 0 Å². The molecule has 1 amide bonds. The number of ether oxygens (including phenoxy) is 3. The van der Waals surface area contributed by atoms with Crippen molar-refractivity contribution in [3.05, 3.63) is 23.9 Å². The standard InChI is InChI=1S/C18H23N3O4/c1-18(2,3)25-17(22)20-14-9-19-13-7-8-15(23-4)21-16(13)12(14)10-24-11-5-6-11/h7-9,11H,5-6,10H2,1-4H3,(H,20,22). The second-order valence-corrected chi connectivity index (χ2v) is 7.01. The van der Waals surface area contributed by atoms with Gasteiger partial charge in [0.15, 0.2) is 0 Å². The molecule has 0 unspecified atom stereocenters. The van der Waals surface area contributed by atoms with Crippen molar-refractivity contribution in [2.75, 3.05) is 12.4 Å². The number of carbonyl (C=O) groups excluding carboxylic acids is 1. The van der Waals surface area contributed by atoms with Gasteiger partial charge in [0.25, 0.3) is 0 Å². The van der Waals surface area contributed by atoms with Gasteiger partial charge >= 0.3 is 6.09 Å². The van der Waals surface area contributed by atoms with Crippen LogP contribution in [0.25, 0.3) is 11.0 Å². The lowest BCUT2D eigenvalue weighted by Crippen LogP contribution is -2.27. The molecule has 3 rings (SSSR count). The quantitative estimate of drug-likeness (QED) is 0.890. The van der Waals surface area contributed by atoms with E-state index in [0.29, 0.717) is 29.2 Å². The molecule has 2 aromatic rings. The van der Waals surface area contributed by atoms with E-state index in [1.807, 2.05) is 26.8 Å². The molecule has 0 bridgehead atoms. The fraction of sp³-hybridized carbons (Fsp3) is 0.500. The molecule has 25 heavy (non-hydrogen) atoms. The maximum atomic E-state index is 12.1. The van der Waals surface area contributed by atoms with Crippen LogP contribution in [0.2, 0.25) is 0 Å². The molecule has 0 aromatic carbocycles. The topological polar surface area (TPSA) is 82.6 Å². The van der Waals surface area contributed by atoms with Gasteiger partial charge in [-0.1, -0.05) is 0 Å². The van der Waals surface area contributed by atoms with Crippen LogP contribution in [0.4, 0.5) is 10.5 Å². The second kappa shape index (κ2) is 6.84. The van der Waals surface area contributed by atoms with Crippen LogP contribution >= 0.6 is 0 Å². The number of aromatic nitrogens is 2. The third-order valence-corrected chi connectivity index (χ3v) is 3.62. The van der Waals surface area contributed by atoms with Crippen LogP contribution in [-0.4, -0.2) is 34.9 Å². The van der Waals surface area contributed by atoms with Gasteiger partial charge in [-0.3, -0.25) is 10.3 Å². The Kier molecular flexibility index (Phi) is 4.76. The Morgan fingerprint density at radius 1 is 1.32 bits per heavy atom. The van der Waals surface area contributed by atoms with Gasteiger partial charge in [-0.05, 0) is 39.7 Å². The minimum atomic E-state index is -0.583. The normalized spacial score (nSPS) is 14.4. The van der Waals surface area contributed by atoms with E-state index < -0.39 is 11.7 Å². The van der Waals surface area contributed by atoms with Crippen molar-refractivity contribution in [1.29, 1.82) is 0 Å². The molecule has 1 aliphatic rings. The number of methoxy groups -OCH3 is 1. The van der Waals surface area contributed by atoms with Crippen LogP contribution in [0.3, 0.4) is 0 Å². The van der Waals surface area contributed by atoms with Crippen LogP contribution in [0.1, 0.15) is 39.2 Å². The summed E-state index contributed by atoms with van der Waals surface area (Å²) in [6, 6.07) is 3.58. The summed E-state index contributed by atoms with van der Waals surface area (Å²) in [5, 5.41) is 2.76. The summed E-state index contributed by atoms with van der Waals surface area (Å²) in [6.07, 6.45) is 3.47. The highest BCUT2D eigenvalue weighted by Gasteiger charge is 2.24. The molecule has 7 heteroatoms. The van der Waals surface area contributed by atoms with Gasteiger partial charge in [0.2, 0.25) is 5.88 Å². The number of hydrogen-bond donors (Lipinski definition) is 1. The van der Waals surface area contributed by atoms with Gasteiger partial charge < -0.3 is 14.2 Å². The zero-order chi connectivity index (χ0) is 18.0. The van der Waals surface area contributed by atoms with Gasteiger partial charge in [-0.25, -0.2) is 9.78 Å². The summed E-state index contributed by atoms with van der Waals surface area (Å²) in [4.78, 5) is 21.0. The molecule has 0 saturated heterocycles. The molecule has 134 valence electrons. The molecule has 0 atom stereocenters. The lowest BCUT2D eigenvalue weighted by Gasteiger charge is -2.20. The maximum Gasteiger partial charge on any atom is 0.412 e. The lowest BCUT2D eigenvalue weighted by atomic mass is 10.1. The van der Waals surface area contributed by atoms with Crippen molar-refractivity contribution in [3.8, 4) is 5.88 Å². The van der Waals surface area contributed by atoms with E-state index in [9.17, 15) is 4.79 Å². The fourth-order valence-corrected chi connectivity index (χ4v) is 2.32. The van der Waals surface area contributed by atoms with E-state index in [4.69, 9.17) is 14.2 Å². The van der Waals surface area contributed by atoms with Crippen LogP contribution in [0.15, 0.2) is 18.3 Å². The van der Waals surface area contributed by atoms with Crippen molar-refractivity contribution in [2.24, 2.45) is 0 Å². The average molecular weight is 345 g/mol. The van der Waals surface area contributed by atoms with Crippen LogP contribution in [0, 0.1) is 0 Å². The third-order valence-electron chi connectivity index (χ3n) is 3.62. The zero-order valence-electron chi connectivity index (χ0n) is 15.0. The number of pyridine rings is 2. The van der Waals surface area contributed by atoms with Crippen molar-refractivity contribution in [1.82, 2.24) is 9.97 Å². The summed E-state index contributed by atoms with van der Waals surface area (Å²) in [7, 11) is 1.56. The van der Waals surface area contributed by atoms with Crippen molar-refractivity contribution >= 4 is 22.8 Å². The van der Waals surface area contributed by atoms with Crippen LogP contribution < -0.4 is 10.1 Å². The molecule has 2 aromatic heterocycles. The molecular formula is C18H23N3O4. The highest BCUT2D eigenvalue weighted by atomic mass is 16.6. The predicted molar refractivity (Wildman–Crippen MR) is 93.8 cm³/mol. The highest BCUT2D eigenvalue weighted by Crippen LogP contribution is 2.30. The van der Waals surface area contributed by atoms with E-state index in [1.165, 1.54) is 0 Å². The van der Waals surface area contributed by atoms with Gasteiger partial charge in [-0.15, -0.1) is 0 Å². The minimum absolute atomic E-state index is 0.281. The zero-order valence-corrected chi connectivity index (χ0v) is 15.0. The number of nitrogens with zero attached hydrogens (tertiary/aromatic N) is 2. The first-order chi connectivity index (χ1) is 11.9. The molecule has 0 aliphatic heterocycles. The number of rotatable bonds is 5. The largest absolute Gasteiger partial charge is 0.481 e. The number of hydrogen-bond acceptors (Lipinski definition) is 6. The van der Waals surface area contributed by atoms with Crippen molar-refractivity contribution < 1.29 is 19.0 Å². The summed E-state index contributed by atoms with van der Waals surface area (Å²) in [5.74, 6) is 0.483. The first-order valence-electron chi connectivity index (χ1n) is 8.30. The third kappa shape index (κ3) is 4.57. The Bertz CT molecular complexity index is 782. The SMILES string of the molecule is COc1ccc2ncc(NC(=O)OC(C)(C)C)c(COC3CC3)c2n1. The first kappa shape index (κ1) is 17.4. The van der Waals surface area contributed by atoms with E-state index >= 15 is 0 Å². The summed E-state index contributed by atoms with van der Waals surface area (Å²) < 4.78 is 16.4. The van der Waals surface area contributed by atoms with Gasteiger partial charge in [0.1, 0.15) is 11.1 Å². The number of fused-ring (bicyclic) bond motifs is 1. The molecule has 1 fully saturated rings.